The van der Waals surface area contributed by atoms with E-state index in [0.717, 1.165) is 24.0 Å². The van der Waals surface area contributed by atoms with Crippen molar-refractivity contribution in [3.8, 4) is 0 Å². The van der Waals surface area contributed by atoms with Crippen LogP contribution in [-0.4, -0.2) is 0 Å². The number of hydrogen-bond acceptors (Lipinski definition) is 0. The first kappa shape index (κ1) is 17.1. The Hall–Kier alpha value is -1.76. The molecule has 0 radical (unpaired) electrons. The molecule has 0 atom stereocenters. The van der Waals surface area contributed by atoms with E-state index in [0.29, 0.717) is 11.8 Å². The molecule has 24 heavy (non-hydrogen) atoms. The van der Waals surface area contributed by atoms with E-state index in [1.807, 2.05) is 0 Å². The third kappa shape index (κ3) is 4.63. The van der Waals surface area contributed by atoms with Gasteiger partial charge in [-0.25, -0.2) is 0 Å². The molecule has 122 valence electrons. The van der Waals surface area contributed by atoms with E-state index in [9.17, 15) is 0 Å². The van der Waals surface area contributed by atoms with Crippen LogP contribution in [0, 0.1) is 0 Å². The predicted octanol–water partition coefficient (Wildman–Crippen LogP) is 6.35. The molecule has 0 bridgehead atoms. The van der Waals surface area contributed by atoms with Crippen LogP contribution < -0.4 is 0 Å². The zero-order valence-electron chi connectivity index (χ0n) is 13.5. The first-order chi connectivity index (χ1) is 11.8. The Kier molecular flexibility index (Phi) is 5.96. The summed E-state index contributed by atoms with van der Waals surface area (Å²) in [5.41, 5.74) is 7.61. The molecule has 2 heteroatoms. The SMILES string of the molecule is ClCc1ccc(Cc2ccc(Cc3ccc(CCl)cc3)cc2)cc1. The molecule has 3 aromatic carbocycles. The van der Waals surface area contributed by atoms with Gasteiger partial charge in [-0.15, -0.1) is 23.2 Å². The summed E-state index contributed by atoms with van der Waals surface area (Å²) in [5.74, 6) is 1.14. The van der Waals surface area contributed by atoms with Crippen LogP contribution in [0.3, 0.4) is 0 Å². The molecule has 0 amide bonds. The normalized spacial score (nSPS) is 10.8. The van der Waals surface area contributed by atoms with E-state index < -0.39 is 0 Å². The Morgan fingerprint density at radius 3 is 0.792 bits per heavy atom. The molecular weight excluding hydrogens is 335 g/mol. The molecule has 3 aromatic rings. The van der Waals surface area contributed by atoms with Gasteiger partial charge >= 0.3 is 0 Å². The molecule has 0 fully saturated rings. The van der Waals surface area contributed by atoms with Gasteiger partial charge in [-0.3, -0.25) is 0 Å². The molecule has 3 rings (SSSR count). The van der Waals surface area contributed by atoms with Crippen LogP contribution in [0.1, 0.15) is 33.4 Å². The fourth-order valence-corrected chi connectivity index (χ4v) is 3.10. The van der Waals surface area contributed by atoms with Gasteiger partial charge in [0.1, 0.15) is 0 Å². The van der Waals surface area contributed by atoms with Crippen LogP contribution in [0.15, 0.2) is 72.8 Å². The maximum Gasteiger partial charge on any atom is 0.0474 e. The number of benzene rings is 3. The van der Waals surface area contributed by atoms with E-state index in [2.05, 4.69) is 72.8 Å². The van der Waals surface area contributed by atoms with Crippen LogP contribution in [0.4, 0.5) is 0 Å². The van der Waals surface area contributed by atoms with Crippen molar-refractivity contribution in [2.75, 3.05) is 0 Å². The summed E-state index contributed by atoms with van der Waals surface area (Å²) in [6.45, 7) is 0. The van der Waals surface area contributed by atoms with E-state index >= 15 is 0 Å². The van der Waals surface area contributed by atoms with Crippen molar-refractivity contribution in [3.63, 3.8) is 0 Å². The van der Waals surface area contributed by atoms with Crippen molar-refractivity contribution >= 4 is 23.2 Å². The average molecular weight is 355 g/mol. The minimum absolute atomic E-state index is 0.570. The van der Waals surface area contributed by atoms with Gasteiger partial charge in [-0.2, -0.15) is 0 Å². The minimum Gasteiger partial charge on any atom is -0.122 e. The van der Waals surface area contributed by atoms with Crippen LogP contribution in [0.5, 0.6) is 0 Å². The molecule has 0 aliphatic carbocycles. The summed E-state index contributed by atoms with van der Waals surface area (Å²) >= 11 is 11.7. The summed E-state index contributed by atoms with van der Waals surface area (Å²) in [4.78, 5) is 0. The smallest absolute Gasteiger partial charge is 0.0474 e. The maximum absolute atomic E-state index is 5.83. The van der Waals surface area contributed by atoms with Crippen LogP contribution in [0.2, 0.25) is 0 Å². The molecule has 0 heterocycles. The van der Waals surface area contributed by atoms with E-state index in [-0.39, 0.29) is 0 Å². The Labute approximate surface area is 154 Å². The topological polar surface area (TPSA) is 0 Å². The van der Waals surface area contributed by atoms with E-state index in [1.165, 1.54) is 22.3 Å². The molecule has 0 unspecified atom stereocenters. The lowest BCUT2D eigenvalue weighted by molar-refractivity contribution is 1.14. The summed E-state index contributed by atoms with van der Waals surface area (Å²) in [5, 5.41) is 0. The summed E-state index contributed by atoms with van der Waals surface area (Å²) in [6, 6.07) is 25.9. The fourth-order valence-electron chi connectivity index (χ4n) is 2.74. The van der Waals surface area contributed by atoms with E-state index in [4.69, 9.17) is 23.2 Å². The lowest BCUT2D eigenvalue weighted by Gasteiger charge is -2.06. The zero-order chi connectivity index (χ0) is 16.8. The van der Waals surface area contributed by atoms with Crippen molar-refractivity contribution < 1.29 is 0 Å². The molecule has 0 nitrogen and oxygen atoms in total. The molecule has 0 aliphatic heterocycles. The lowest BCUT2D eigenvalue weighted by Crippen LogP contribution is -1.92. The standard InChI is InChI=1S/C22H20Cl2/c23-15-21-9-5-19(6-10-21)13-17-1-2-18(4-3-17)14-20-7-11-22(16-24)12-8-20/h1-12H,13-16H2. The van der Waals surface area contributed by atoms with Crippen molar-refractivity contribution in [1.29, 1.82) is 0 Å². The third-order valence-corrected chi connectivity index (χ3v) is 4.81. The number of hydrogen-bond donors (Lipinski definition) is 0. The first-order valence-electron chi connectivity index (χ1n) is 8.12. The van der Waals surface area contributed by atoms with E-state index in [1.54, 1.807) is 0 Å². The first-order valence-corrected chi connectivity index (χ1v) is 9.19. The largest absolute Gasteiger partial charge is 0.122 e. The number of alkyl halides is 2. The predicted molar refractivity (Wildman–Crippen MR) is 104 cm³/mol. The van der Waals surface area contributed by atoms with Gasteiger partial charge in [0.05, 0.1) is 0 Å². The highest BCUT2D eigenvalue weighted by Gasteiger charge is 2.00. The van der Waals surface area contributed by atoms with Gasteiger partial charge in [0.2, 0.25) is 0 Å². The second-order valence-corrected chi connectivity index (χ2v) is 6.60. The van der Waals surface area contributed by atoms with Crippen molar-refractivity contribution in [2.45, 2.75) is 24.6 Å². The fraction of sp³-hybridized carbons (Fsp3) is 0.182. The van der Waals surface area contributed by atoms with Gasteiger partial charge < -0.3 is 0 Å². The minimum atomic E-state index is 0.570. The molecule has 0 saturated carbocycles. The molecule has 0 N–H and O–H groups in total. The number of halogens is 2. The highest BCUT2D eigenvalue weighted by Crippen LogP contribution is 2.16. The third-order valence-electron chi connectivity index (χ3n) is 4.19. The van der Waals surface area contributed by atoms with Gasteiger partial charge in [-0.1, -0.05) is 72.8 Å². The van der Waals surface area contributed by atoms with Crippen LogP contribution >= 0.6 is 23.2 Å². The van der Waals surface area contributed by atoms with Gasteiger partial charge in [0.25, 0.3) is 0 Å². The van der Waals surface area contributed by atoms with Gasteiger partial charge in [0, 0.05) is 11.8 Å². The Bertz CT molecular complexity index is 688. The second kappa shape index (κ2) is 8.37. The quantitative estimate of drug-likeness (QED) is 0.452. The molecule has 0 saturated heterocycles. The molecule has 0 aromatic heterocycles. The Morgan fingerprint density at radius 1 is 0.375 bits per heavy atom. The zero-order valence-corrected chi connectivity index (χ0v) is 15.0. The van der Waals surface area contributed by atoms with Crippen molar-refractivity contribution in [1.82, 2.24) is 0 Å². The lowest BCUT2D eigenvalue weighted by atomic mass is 9.99. The summed E-state index contributed by atoms with van der Waals surface area (Å²) in [7, 11) is 0. The maximum atomic E-state index is 5.83. The number of rotatable bonds is 6. The average Bonchev–Trinajstić information content (AvgIpc) is 2.65. The van der Waals surface area contributed by atoms with Crippen molar-refractivity contribution in [2.24, 2.45) is 0 Å². The van der Waals surface area contributed by atoms with Crippen LogP contribution in [-0.2, 0) is 24.6 Å². The second-order valence-electron chi connectivity index (χ2n) is 6.07. The Morgan fingerprint density at radius 2 is 0.583 bits per heavy atom. The molecular formula is C22H20Cl2. The van der Waals surface area contributed by atoms with Crippen molar-refractivity contribution in [3.05, 3.63) is 106 Å². The highest BCUT2D eigenvalue weighted by molar-refractivity contribution is 6.17. The van der Waals surface area contributed by atoms with Gasteiger partial charge in [0.15, 0.2) is 0 Å². The molecule has 0 spiro atoms. The molecule has 0 aliphatic rings. The Balaban J connectivity index is 1.63. The summed E-state index contributed by atoms with van der Waals surface area (Å²) < 4.78 is 0. The highest BCUT2D eigenvalue weighted by atomic mass is 35.5. The monoisotopic (exact) mass is 354 g/mol. The van der Waals surface area contributed by atoms with Crippen LogP contribution in [0.25, 0.3) is 0 Å². The van der Waals surface area contributed by atoms with Gasteiger partial charge in [-0.05, 0) is 46.2 Å². The summed E-state index contributed by atoms with van der Waals surface area (Å²) in [6.07, 6.45) is 1.90.